The second-order valence-corrected chi connectivity index (χ2v) is 15.0. The fourth-order valence-electron chi connectivity index (χ4n) is 3.19. The zero-order valence-corrected chi connectivity index (χ0v) is 20.8. The maximum atomic E-state index is 10.6. The Morgan fingerprint density at radius 3 is 2.38 bits per heavy atom. The number of hydrogen-bond donors (Lipinski definition) is 1. The Balaban J connectivity index is 2.50. The van der Waals surface area contributed by atoms with Gasteiger partial charge in [0.05, 0.1) is 6.61 Å². The number of carboxylic acid groups (broad SMARTS) is 1. The Kier molecular flexibility index (Phi) is 10.6. The second-order valence-electron chi connectivity index (χ2n) is 10.2. The number of rotatable bonds is 13. The summed E-state index contributed by atoms with van der Waals surface area (Å²) in [6.45, 7) is 16.0. The summed E-state index contributed by atoms with van der Waals surface area (Å²) in [5.74, 6) is -1.19. The van der Waals surface area contributed by atoms with Crippen molar-refractivity contribution in [2.75, 3.05) is 6.61 Å². The van der Waals surface area contributed by atoms with Gasteiger partial charge in [0.1, 0.15) is 6.10 Å². The number of carboxylic acids is 1. The van der Waals surface area contributed by atoms with Gasteiger partial charge >= 0.3 is 5.97 Å². The molecule has 0 aromatic rings. The lowest BCUT2D eigenvalue weighted by atomic mass is 10.0. The van der Waals surface area contributed by atoms with Gasteiger partial charge in [0.25, 0.3) is 0 Å². The van der Waals surface area contributed by atoms with Crippen LogP contribution in [-0.2, 0) is 18.7 Å². The van der Waals surface area contributed by atoms with Crippen LogP contribution in [0.1, 0.15) is 86.0 Å². The van der Waals surface area contributed by atoms with Crippen LogP contribution in [0.3, 0.4) is 0 Å². The quantitative estimate of drug-likeness (QED) is 0.212. The van der Waals surface area contributed by atoms with Gasteiger partial charge in [0, 0.05) is 12.5 Å². The molecule has 1 rings (SSSR count). The SMILES string of the molecule is CC1(C)OCC(/C=C\CC(CCCCCCCC(=O)O)O[Si](C)(C)C(C)(C)C)O1. The van der Waals surface area contributed by atoms with Crippen molar-refractivity contribution in [2.24, 2.45) is 0 Å². The molecule has 0 aliphatic carbocycles. The second kappa shape index (κ2) is 11.6. The first-order valence-electron chi connectivity index (χ1n) is 11.2. The lowest BCUT2D eigenvalue weighted by Crippen LogP contribution is -2.43. The van der Waals surface area contributed by atoms with E-state index in [4.69, 9.17) is 19.0 Å². The average Bonchev–Trinajstić information content (AvgIpc) is 2.91. The molecule has 0 saturated carbocycles. The molecular formula is C23H44O5Si. The molecular weight excluding hydrogens is 384 g/mol. The van der Waals surface area contributed by atoms with Crippen molar-refractivity contribution < 1.29 is 23.8 Å². The summed E-state index contributed by atoms with van der Waals surface area (Å²) in [7, 11) is -1.82. The molecule has 1 saturated heterocycles. The van der Waals surface area contributed by atoms with E-state index in [1.807, 2.05) is 13.8 Å². The van der Waals surface area contributed by atoms with Crippen molar-refractivity contribution in [2.45, 2.75) is 122 Å². The van der Waals surface area contributed by atoms with Crippen molar-refractivity contribution in [1.29, 1.82) is 0 Å². The predicted octanol–water partition coefficient (Wildman–Crippen LogP) is 6.29. The van der Waals surface area contributed by atoms with Crippen LogP contribution in [-0.4, -0.2) is 44.0 Å². The Bertz CT molecular complexity index is 522. The monoisotopic (exact) mass is 428 g/mol. The third-order valence-corrected chi connectivity index (χ3v) is 10.5. The molecule has 1 fully saturated rings. The summed E-state index contributed by atoms with van der Waals surface area (Å²) in [5, 5.41) is 8.91. The smallest absolute Gasteiger partial charge is 0.303 e. The van der Waals surface area contributed by atoms with Gasteiger partial charge < -0.3 is 19.0 Å². The van der Waals surface area contributed by atoms with Crippen LogP contribution in [0.2, 0.25) is 18.1 Å². The summed E-state index contributed by atoms with van der Waals surface area (Å²) in [5.41, 5.74) is 0. The molecule has 0 aromatic carbocycles. The molecule has 0 radical (unpaired) electrons. The zero-order chi connectivity index (χ0) is 22.1. The van der Waals surface area contributed by atoms with E-state index in [1.54, 1.807) is 0 Å². The molecule has 0 aromatic heterocycles. The highest BCUT2D eigenvalue weighted by molar-refractivity contribution is 6.74. The lowest BCUT2D eigenvalue weighted by Gasteiger charge is -2.39. The van der Waals surface area contributed by atoms with E-state index >= 15 is 0 Å². The lowest BCUT2D eigenvalue weighted by molar-refractivity contribution is -0.137. The molecule has 2 unspecified atom stereocenters. The molecule has 170 valence electrons. The van der Waals surface area contributed by atoms with Gasteiger partial charge in [-0.3, -0.25) is 4.79 Å². The van der Waals surface area contributed by atoms with Gasteiger partial charge in [-0.1, -0.05) is 58.6 Å². The number of ether oxygens (including phenoxy) is 2. The molecule has 2 atom stereocenters. The van der Waals surface area contributed by atoms with Crippen LogP contribution in [0.4, 0.5) is 0 Å². The van der Waals surface area contributed by atoms with Gasteiger partial charge in [-0.2, -0.15) is 0 Å². The van der Waals surface area contributed by atoms with Gasteiger partial charge in [-0.15, -0.1) is 0 Å². The van der Waals surface area contributed by atoms with E-state index in [1.165, 1.54) is 0 Å². The van der Waals surface area contributed by atoms with E-state index in [0.717, 1.165) is 44.9 Å². The molecule has 1 aliphatic heterocycles. The first kappa shape index (κ1) is 26.3. The van der Waals surface area contributed by atoms with E-state index in [0.29, 0.717) is 6.61 Å². The van der Waals surface area contributed by atoms with Crippen molar-refractivity contribution in [3.63, 3.8) is 0 Å². The van der Waals surface area contributed by atoms with Crippen LogP contribution in [0, 0.1) is 0 Å². The van der Waals surface area contributed by atoms with Crippen LogP contribution in [0.25, 0.3) is 0 Å². The zero-order valence-electron chi connectivity index (χ0n) is 19.8. The van der Waals surface area contributed by atoms with Crippen LogP contribution >= 0.6 is 0 Å². The summed E-state index contributed by atoms with van der Waals surface area (Å²) in [4.78, 5) is 10.6. The molecule has 6 heteroatoms. The number of unbranched alkanes of at least 4 members (excludes halogenated alkanes) is 4. The Hall–Kier alpha value is -0.693. The van der Waals surface area contributed by atoms with E-state index in [-0.39, 0.29) is 23.7 Å². The third kappa shape index (κ3) is 10.8. The molecule has 5 nitrogen and oxygen atoms in total. The van der Waals surface area contributed by atoms with Crippen molar-refractivity contribution in [1.82, 2.24) is 0 Å². The average molecular weight is 429 g/mol. The summed E-state index contributed by atoms with van der Waals surface area (Å²) in [6.07, 6.45) is 11.9. The highest BCUT2D eigenvalue weighted by Gasteiger charge is 2.39. The van der Waals surface area contributed by atoms with Crippen molar-refractivity contribution in [3.05, 3.63) is 12.2 Å². The van der Waals surface area contributed by atoms with Crippen LogP contribution < -0.4 is 0 Å². The largest absolute Gasteiger partial charge is 0.481 e. The standard InChI is InChI=1S/C23H44O5Si/c1-22(2,3)29(6,7)28-19(14-11-9-8-10-12-17-21(24)25)15-13-16-20-18-26-23(4,5)27-20/h13,16,19-20H,8-12,14-15,17-18H2,1-7H3,(H,24,25)/b16-13-. The van der Waals surface area contributed by atoms with E-state index < -0.39 is 20.1 Å². The first-order chi connectivity index (χ1) is 13.3. The van der Waals surface area contributed by atoms with E-state index in [9.17, 15) is 4.79 Å². The molecule has 1 N–H and O–H groups in total. The summed E-state index contributed by atoms with van der Waals surface area (Å²) >= 11 is 0. The fourth-order valence-corrected chi connectivity index (χ4v) is 4.59. The molecule has 29 heavy (non-hydrogen) atoms. The Morgan fingerprint density at radius 2 is 1.83 bits per heavy atom. The molecule has 1 aliphatic rings. The molecule has 0 spiro atoms. The predicted molar refractivity (Wildman–Crippen MR) is 121 cm³/mol. The van der Waals surface area contributed by atoms with Gasteiger partial charge in [-0.25, -0.2) is 0 Å². The maximum absolute atomic E-state index is 10.6. The highest BCUT2D eigenvalue weighted by atomic mass is 28.4. The van der Waals surface area contributed by atoms with Crippen molar-refractivity contribution in [3.8, 4) is 0 Å². The van der Waals surface area contributed by atoms with Crippen molar-refractivity contribution >= 4 is 14.3 Å². The number of carbonyl (C=O) groups is 1. The highest BCUT2D eigenvalue weighted by Crippen LogP contribution is 2.38. The fraction of sp³-hybridized carbons (Fsp3) is 0.870. The summed E-state index contributed by atoms with van der Waals surface area (Å²) in [6, 6.07) is 0. The molecule has 0 amide bonds. The minimum absolute atomic E-state index is 0.0211. The van der Waals surface area contributed by atoms with Gasteiger partial charge in [0.2, 0.25) is 0 Å². The van der Waals surface area contributed by atoms with Crippen LogP contribution in [0.5, 0.6) is 0 Å². The number of hydrogen-bond acceptors (Lipinski definition) is 4. The maximum Gasteiger partial charge on any atom is 0.303 e. The van der Waals surface area contributed by atoms with Gasteiger partial charge in [0.15, 0.2) is 14.1 Å². The Morgan fingerprint density at radius 1 is 1.21 bits per heavy atom. The topological polar surface area (TPSA) is 65.0 Å². The minimum Gasteiger partial charge on any atom is -0.481 e. The molecule has 1 heterocycles. The third-order valence-electron chi connectivity index (χ3n) is 5.96. The molecule has 0 bridgehead atoms. The normalized spacial score (nSPS) is 21.0. The van der Waals surface area contributed by atoms with E-state index in [2.05, 4.69) is 46.0 Å². The minimum atomic E-state index is -1.82. The number of aliphatic carboxylic acids is 1. The van der Waals surface area contributed by atoms with Crippen LogP contribution in [0.15, 0.2) is 12.2 Å². The Labute approximate surface area is 179 Å². The van der Waals surface area contributed by atoms with Gasteiger partial charge in [-0.05, 0) is 51.2 Å². The first-order valence-corrected chi connectivity index (χ1v) is 14.1. The summed E-state index contributed by atoms with van der Waals surface area (Å²) < 4.78 is 18.2.